The van der Waals surface area contributed by atoms with Gasteiger partial charge in [-0.1, -0.05) is 30.3 Å². The van der Waals surface area contributed by atoms with Crippen LogP contribution in [-0.2, 0) is 20.7 Å². The van der Waals surface area contributed by atoms with Gasteiger partial charge in [-0.25, -0.2) is 0 Å². The van der Waals surface area contributed by atoms with Crippen LogP contribution in [0.3, 0.4) is 0 Å². The number of methoxy groups -OCH3 is 2. The molecule has 1 aromatic carbocycles. The zero-order valence-corrected chi connectivity index (χ0v) is 11.0. The predicted molar refractivity (Wildman–Crippen MR) is 70.4 cm³/mol. The number of rotatable bonds is 8. The number of ether oxygens (including phenoxy) is 2. The second-order valence-electron chi connectivity index (χ2n) is 4.11. The smallest absolute Gasteiger partial charge is 0.224 e. The van der Waals surface area contributed by atoms with Gasteiger partial charge in [0.1, 0.15) is 0 Å². The number of hydrogen-bond acceptors (Lipinski definition) is 3. The molecule has 4 heteroatoms. The maximum atomic E-state index is 11.7. The van der Waals surface area contributed by atoms with Crippen molar-refractivity contribution in [3.8, 4) is 0 Å². The van der Waals surface area contributed by atoms with Crippen LogP contribution in [0.5, 0.6) is 0 Å². The molecule has 1 atom stereocenters. The molecule has 0 aromatic heterocycles. The standard InChI is InChI=1S/C14H21NO3/c1-17-11-13(18-2)8-9-15-14(16)10-12-6-4-3-5-7-12/h3-7,13H,8-11H2,1-2H3,(H,15,16). The fourth-order valence-electron chi connectivity index (χ4n) is 1.67. The molecule has 0 heterocycles. The number of hydrogen-bond donors (Lipinski definition) is 1. The molecular weight excluding hydrogens is 230 g/mol. The molecule has 1 rings (SSSR count). The molecule has 0 bridgehead atoms. The van der Waals surface area contributed by atoms with Crippen molar-refractivity contribution in [2.24, 2.45) is 0 Å². The van der Waals surface area contributed by atoms with Gasteiger partial charge in [-0.15, -0.1) is 0 Å². The monoisotopic (exact) mass is 251 g/mol. The summed E-state index contributed by atoms with van der Waals surface area (Å²) in [6.07, 6.45) is 1.21. The molecular formula is C14H21NO3. The van der Waals surface area contributed by atoms with Crippen LogP contribution in [0.4, 0.5) is 0 Å². The molecule has 18 heavy (non-hydrogen) atoms. The Hall–Kier alpha value is -1.39. The van der Waals surface area contributed by atoms with Crippen LogP contribution in [0.15, 0.2) is 30.3 Å². The highest BCUT2D eigenvalue weighted by atomic mass is 16.5. The normalized spacial score (nSPS) is 12.1. The summed E-state index contributed by atoms with van der Waals surface area (Å²) < 4.78 is 10.2. The summed E-state index contributed by atoms with van der Waals surface area (Å²) in [5.74, 6) is 0.0356. The first-order chi connectivity index (χ1) is 8.76. The van der Waals surface area contributed by atoms with Crippen LogP contribution in [0.1, 0.15) is 12.0 Å². The highest BCUT2D eigenvalue weighted by Crippen LogP contribution is 2.00. The zero-order chi connectivity index (χ0) is 13.2. The van der Waals surface area contributed by atoms with Gasteiger partial charge < -0.3 is 14.8 Å². The molecule has 4 nitrogen and oxygen atoms in total. The Morgan fingerprint density at radius 3 is 2.61 bits per heavy atom. The first kappa shape index (κ1) is 14.7. The van der Waals surface area contributed by atoms with E-state index in [2.05, 4.69) is 5.32 Å². The molecule has 0 aliphatic carbocycles. The topological polar surface area (TPSA) is 47.6 Å². The number of nitrogens with one attached hydrogen (secondary N) is 1. The second kappa shape index (κ2) is 8.66. The molecule has 1 aromatic rings. The van der Waals surface area contributed by atoms with E-state index >= 15 is 0 Å². The third kappa shape index (κ3) is 5.80. The quantitative estimate of drug-likeness (QED) is 0.759. The third-order valence-electron chi connectivity index (χ3n) is 2.68. The third-order valence-corrected chi connectivity index (χ3v) is 2.68. The van der Waals surface area contributed by atoms with Gasteiger partial charge in [0, 0.05) is 20.8 Å². The molecule has 0 radical (unpaired) electrons. The summed E-state index contributed by atoms with van der Waals surface area (Å²) >= 11 is 0. The molecule has 0 spiro atoms. The van der Waals surface area contributed by atoms with Crippen LogP contribution in [0.2, 0.25) is 0 Å². The highest BCUT2D eigenvalue weighted by molar-refractivity contribution is 5.78. The van der Waals surface area contributed by atoms with E-state index in [9.17, 15) is 4.79 Å². The van der Waals surface area contributed by atoms with Gasteiger partial charge in [0.15, 0.2) is 0 Å². The second-order valence-corrected chi connectivity index (χ2v) is 4.11. The van der Waals surface area contributed by atoms with E-state index in [1.807, 2.05) is 30.3 Å². The molecule has 0 aliphatic rings. The maximum Gasteiger partial charge on any atom is 0.224 e. The fraction of sp³-hybridized carbons (Fsp3) is 0.500. The summed E-state index contributed by atoms with van der Waals surface area (Å²) in [4.78, 5) is 11.7. The molecule has 0 saturated heterocycles. The lowest BCUT2D eigenvalue weighted by atomic mass is 10.1. The first-order valence-corrected chi connectivity index (χ1v) is 6.08. The average molecular weight is 251 g/mol. The minimum Gasteiger partial charge on any atom is -0.382 e. The summed E-state index contributed by atoms with van der Waals surface area (Å²) in [6, 6.07) is 9.70. The Bertz CT molecular complexity index is 340. The van der Waals surface area contributed by atoms with Crippen molar-refractivity contribution in [3.63, 3.8) is 0 Å². The minimum absolute atomic E-state index is 0.0343. The number of carbonyl (C=O) groups is 1. The van der Waals surface area contributed by atoms with Crippen molar-refractivity contribution in [2.45, 2.75) is 18.9 Å². The Balaban J connectivity index is 2.21. The van der Waals surface area contributed by atoms with E-state index in [4.69, 9.17) is 9.47 Å². The molecule has 1 N–H and O–H groups in total. The molecule has 1 amide bonds. The molecule has 0 saturated carbocycles. The van der Waals surface area contributed by atoms with Gasteiger partial charge in [0.05, 0.1) is 19.1 Å². The Labute approximate surface area is 108 Å². The lowest BCUT2D eigenvalue weighted by molar-refractivity contribution is -0.120. The Morgan fingerprint density at radius 2 is 2.00 bits per heavy atom. The first-order valence-electron chi connectivity index (χ1n) is 6.08. The van der Waals surface area contributed by atoms with Crippen LogP contribution >= 0.6 is 0 Å². The minimum atomic E-state index is 0.0343. The highest BCUT2D eigenvalue weighted by Gasteiger charge is 2.08. The summed E-state index contributed by atoms with van der Waals surface area (Å²) in [7, 11) is 3.29. The summed E-state index contributed by atoms with van der Waals surface area (Å²) in [6.45, 7) is 1.15. The molecule has 0 fully saturated rings. The van der Waals surface area contributed by atoms with E-state index in [0.717, 1.165) is 12.0 Å². The lowest BCUT2D eigenvalue weighted by Crippen LogP contribution is -2.30. The fourth-order valence-corrected chi connectivity index (χ4v) is 1.67. The molecule has 0 aliphatic heterocycles. The SMILES string of the molecule is COCC(CCNC(=O)Cc1ccccc1)OC. The predicted octanol–water partition coefficient (Wildman–Crippen LogP) is 1.40. The van der Waals surface area contributed by atoms with E-state index < -0.39 is 0 Å². The van der Waals surface area contributed by atoms with Gasteiger partial charge in [-0.3, -0.25) is 4.79 Å². The van der Waals surface area contributed by atoms with E-state index in [1.165, 1.54) is 0 Å². The van der Waals surface area contributed by atoms with Crippen LogP contribution in [-0.4, -0.2) is 39.4 Å². The molecule has 100 valence electrons. The van der Waals surface area contributed by atoms with Crippen molar-refractivity contribution in [1.82, 2.24) is 5.32 Å². The molecule has 1 unspecified atom stereocenters. The summed E-state index contributed by atoms with van der Waals surface area (Å²) in [5.41, 5.74) is 1.02. The summed E-state index contributed by atoms with van der Waals surface area (Å²) in [5, 5.41) is 2.88. The van der Waals surface area contributed by atoms with Gasteiger partial charge in [-0.2, -0.15) is 0 Å². The lowest BCUT2D eigenvalue weighted by Gasteiger charge is -2.14. The zero-order valence-electron chi connectivity index (χ0n) is 11.0. The van der Waals surface area contributed by atoms with E-state index in [0.29, 0.717) is 19.6 Å². The maximum absolute atomic E-state index is 11.7. The Morgan fingerprint density at radius 1 is 1.28 bits per heavy atom. The van der Waals surface area contributed by atoms with Crippen molar-refractivity contribution in [2.75, 3.05) is 27.4 Å². The van der Waals surface area contributed by atoms with Crippen LogP contribution in [0, 0.1) is 0 Å². The largest absolute Gasteiger partial charge is 0.382 e. The number of benzene rings is 1. The number of carbonyl (C=O) groups excluding carboxylic acids is 1. The van der Waals surface area contributed by atoms with E-state index in [-0.39, 0.29) is 12.0 Å². The van der Waals surface area contributed by atoms with Crippen molar-refractivity contribution >= 4 is 5.91 Å². The Kier molecular flexibility index (Phi) is 7.06. The van der Waals surface area contributed by atoms with Crippen molar-refractivity contribution in [3.05, 3.63) is 35.9 Å². The van der Waals surface area contributed by atoms with E-state index in [1.54, 1.807) is 14.2 Å². The number of amides is 1. The van der Waals surface area contributed by atoms with Crippen molar-refractivity contribution < 1.29 is 14.3 Å². The van der Waals surface area contributed by atoms with Gasteiger partial charge >= 0.3 is 0 Å². The van der Waals surface area contributed by atoms with Crippen LogP contribution < -0.4 is 5.32 Å². The van der Waals surface area contributed by atoms with Crippen molar-refractivity contribution in [1.29, 1.82) is 0 Å². The van der Waals surface area contributed by atoms with Crippen LogP contribution in [0.25, 0.3) is 0 Å². The van der Waals surface area contributed by atoms with Gasteiger partial charge in [-0.05, 0) is 12.0 Å². The van der Waals surface area contributed by atoms with Gasteiger partial charge in [0.25, 0.3) is 0 Å². The van der Waals surface area contributed by atoms with Gasteiger partial charge in [0.2, 0.25) is 5.91 Å². The average Bonchev–Trinajstić information content (AvgIpc) is 2.39.